The molecular weight excluding hydrogens is 171 g/mol. The molecular formula is C7H8Cl2O. The predicted octanol–water partition coefficient (Wildman–Crippen LogP) is 2.95. The van der Waals surface area contributed by atoms with Gasteiger partial charge >= 0.3 is 0 Å². The van der Waals surface area contributed by atoms with Crippen LogP contribution in [-0.4, -0.2) is 9.98 Å². The highest BCUT2D eigenvalue weighted by atomic mass is 35.5. The van der Waals surface area contributed by atoms with E-state index in [4.69, 9.17) is 28.3 Å². The Morgan fingerprint density at radius 1 is 1.70 bits per heavy atom. The topological polar surface area (TPSA) is 20.2 Å². The molecule has 56 valence electrons. The first-order valence-electron chi connectivity index (χ1n) is 2.96. The van der Waals surface area contributed by atoms with Gasteiger partial charge in [0.2, 0.25) is 0 Å². The molecule has 0 radical (unpaired) electrons. The zero-order valence-electron chi connectivity index (χ0n) is 5.56. The van der Waals surface area contributed by atoms with E-state index >= 15 is 0 Å². The second kappa shape index (κ2) is 2.48. The maximum absolute atomic E-state index is 9.07. The highest BCUT2D eigenvalue weighted by Gasteiger charge is 2.23. The molecule has 1 rings (SSSR count). The molecule has 3 heteroatoms. The summed E-state index contributed by atoms with van der Waals surface area (Å²) in [6, 6.07) is 0. The van der Waals surface area contributed by atoms with Crippen molar-refractivity contribution in [3.05, 3.63) is 22.9 Å². The van der Waals surface area contributed by atoms with Crippen LogP contribution in [0.1, 0.15) is 13.3 Å². The van der Waals surface area contributed by atoms with E-state index in [2.05, 4.69) is 0 Å². The summed E-state index contributed by atoms with van der Waals surface area (Å²) in [6.45, 7) is 1.81. The summed E-state index contributed by atoms with van der Waals surface area (Å²) in [5.41, 5.74) is 0. The summed E-state index contributed by atoms with van der Waals surface area (Å²) < 4.78 is 0. The van der Waals surface area contributed by atoms with Gasteiger partial charge < -0.3 is 5.11 Å². The summed E-state index contributed by atoms with van der Waals surface area (Å²) in [7, 11) is 0. The molecule has 0 amide bonds. The Bertz CT molecular complexity index is 204. The maximum Gasteiger partial charge on any atom is 0.0958 e. The van der Waals surface area contributed by atoms with Crippen molar-refractivity contribution in [2.75, 3.05) is 0 Å². The van der Waals surface area contributed by atoms with E-state index in [1.54, 1.807) is 13.0 Å². The quantitative estimate of drug-likeness (QED) is 0.566. The first-order valence-corrected chi connectivity index (χ1v) is 3.72. The minimum absolute atomic E-state index is 0.241. The normalized spacial score (nSPS) is 33.1. The molecule has 0 aliphatic heterocycles. The van der Waals surface area contributed by atoms with Gasteiger partial charge in [-0.25, -0.2) is 0 Å². The Labute approximate surface area is 69.9 Å². The standard InChI is InChI=1S/C7H8Cl2O/c1-7(9)3-5(8)2-6(10)4-7/h2-3,10H,4H2,1H3. The number of aliphatic hydroxyl groups excluding tert-OH is 1. The average molecular weight is 179 g/mol. The van der Waals surface area contributed by atoms with Gasteiger partial charge in [-0.1, -0.05) is 11.6 Å². The van der Waals surface area contributed by atoms with E-state index in [-0.39, 0.29) is 5.76 Å². The zero-order valence-corrected chi connectivity index (χ0v) is 7.08. The lowest BCUT2D eigenvalue weighted by Crippen LogP contribution is -2.16. The minimum atomic E-state index is -0.518. The molecule has 1 aliphatic rings. The van der Waals surface area contributed by atoms with E-state index in [1.807, 2.05) is 0 Å². The molecule has 1 nitrogen and oxygen atoms in total. The van der Waals surface area contributed by atoms with Gasteiger partial charge in [-0.3, -0.25) is 0 Å². The Hall–Kier alpha value is -0.140. The maximum atomic E-state index is 9.07. The monoisotopic (exact) mass is 178 g/mol. The molecule has 0 spiro atoms. The molecule has 0 bridgehead atoms. The number of alkyl halides is 1. The summed E-state index contributed by atoms with van der Waals surface area (Å²) in [6.07, 6.45) is 3.67. The SMILES string of the molecule is CC1(Cl)C=C(Cl)C=C(O)C1. The molecule has 10 heavy (non-hydrogen) atoms. The Morgan fingerprint density at radius 2 is 2.30 bits per heavy atom. The summed E-state index contributed by atoms with van der Waals surface area (Å²) in [5.74, 6) is 0.241. The van der Waals surface area contributed by atoms with Gasteiger partial charge in [0.25, 0.3) is 0 Å². The van der Waals surface area contributed by atoms with Gasteiger partial charge in [0.05, 0.1) is 10.6 Å². The lowest BCUT2D eigenvalue weighted by Gasteiger charge is -2.20. The van der Waals surface area contributed by atoms with Crippen LogP contribution in [0.15, 0.2) is 22.9 Å². The molecule has 1 atom stereocenters. The molecule has 1 aliphatic carbocycles. The van der Waals surface area contributed by atoms with Crippen molar-refractivity contribution in [3.8, 4) is 0 Å². The molecule has 1 N–H and O–H groups in total. The fraction of sp³-hybridized carbons (Fsp3) is 0.429. The number of hydrogen-bond acceptors (Lipinski definition) is 1. The fourth-order valence-electron chi connectivity index (χ4n) is 0.945. The van der Waals surface area contributed by atoms with Crippen molar-refractivity contribution in [2.45, 2.75) is 18.2 Å². The lowest BCUT2D eigenvalue weighted by atomic mass is 10.0. The summed E-state index contributed by atoms with van der Waals surface area (Å²) in [5, 5.41) is 9.57. The fourth-order valence-corrected chi connectivity index (χ4v) is 1.62. The van der Waals surface area contributed by atoms with Crippen LogP contribution in [0.25, 0.3) is 0 Å². The molecule has 1 unspecified atom stereocenters. The molecule has 0 aromatic heterocycles. The van der Waals surface area contributed by atoms with Gasteiger partial charge in [-0.15, -0.1) is 11.6 Å². The number of halogens is 2. The highest BCUT2D eigenvalue weighted by molar-refractivity contribution is 6.33. The zero-order chi connectivity index (χ0) is 7.78. The van der Waals surface area contributed by atoms with Gasteiger partial charge in [-0.05, 0) is 19.1 Å². The molecule has 0 aromatic carbocycles. The van der Waals surface area contributed by atoms with E-state index in [9.17, 15) is 0 Å². The Kier molecular flexibility index (Phi) is 1.97. The van der Waals surface area contributed by atoms with Crippen molar-refractivity contribution in [2.24, 2.45) is 0 Å². The van der Waals surface area contributed by atoms with Crippen LogP contribution < -0.4 is 0 Å². The van der Waals surface area contributed by atoms with Crippen LogP contribution in [0.3, 0.4) is 0 Å². The highest BCUT2D eigenvalue weighted by Crippen LogP contribution is 2.31. The van der Waals surface area contributed by atoms with Gasteiger partial charge in [0, 0.05) is 11.5 Å². The third kappa shape index (κ3) is 1.93. The van der Waals surface area contributed by atoms with Crippen molar-refractivity contribution in [1.82, 2.24) is 0 Å². The summed E-state index contributed by atoms with van der Waals surface area (Å²) >= 11 is 11.5. The number of aliphatic hydroxyl groups is 1. The van der Waals surface area contributed by atoms with E-state index < -0.39 is 4.87 Å². The number of rotatable bonds is 0. The molecule has 0 saturated heterocycles. The van der Waals surface area contributed by atoms with Gasteiger partial charge in [0.15, 0.2) is 0 Å². The van der Waals surface area contributed by atoms with Crippen LogP contribution in [0.2, 0.25) is 0 Å². The second-order valence-corrected chi connectivity index (χ2v) is 3.92. The lowest BCUT2D eigenvalue weighted by molar-refractivity contribution is 0.375. The van der Waals surface area contributed by atoms with Crippen molar-refractivity contribution < 1.29 is 5.11 Å². The van der Waals surface area contributed by atoms with E-state index in [0.717, 1.165) is 0 Å². The molecule has 0 heterocycles. The predicted molar refractivity (Wildman–Crippen MR) is 43.5 cm³/mol. The molecule has 0 fully saturated rings. The third-order valence-electron chi connectivity index (χ3n) is 1.27. The van der Waals surface area contributed by atoms with E-state index in [1.165, 1.54) is 6.08 Å². The first-order chi connectivity index (χ1) is 4.49. The largest absolute Gasteiger partial charge is 0.512 e. The average Bonchev–Trinajstić information content (AvgIpc) is 1.54. The van der Waals surface area contributed by atoms with E-state index in [0.29, 0.717) is 11.5 Å². The van der Waals surface area contributed by atoms with Crippen LogP contribution in [0.5, 0.6) is 0 Å². The number of allylic oxidation sites excluding steroid dienone is 4. The second-order valence-electron chi connectivity index (χ2n) is 2.62. The Balaban J connectivity index is 2.88. The van der Waals surface area contributed by atoms with Crippen molar-refractivity contribution in [1.29, 1.82) is 0 Å². The minimum Gasteiger partial charge on any atom is -0.512 e. The van der Waals surface area contributed by atoms with Gasteiger partial charge in [0.1, 0.15) is 0 Å². The smallest absolute Gasteiger partial charge is 0.0958 e. The van der Waals surface area contributed by atoms with Crippen LogP contribution >= 0.6 is 23.2 Å². The summed E-state index contributed by atoms with van der Waals surface area (Å²) in [4.78, 5) is -0.518. The van der Waals surface area contributed by atoms with Crippen molar-refractivity contribution >= 4 is 23.2 Å². The van der Waals surface area contributed by atoms with Crippen LogP contribution in [0.4, 0.5) is 0 Å². The first kappa shape index (κ1) is 7.96. The third-order valence-corrected chi connectivity index (χ3v) is 1.73. The van der Waals surface area contributed by atoms with Crippen LogP contribution in [0, 0.1) is 0 Å². The van der Waals surface area contributed by atoms with Gasteiger partial charge in [-0.2, -0.15) is 0 Å². The van der Waals surface area contributed by atoms with Crippen LogP contribution in [-0.2, 0) is 0 Å². The van der Waals surface area contributed by atoms with Crippen molar-refractivity contribution in [3.63, 3.8) is 0 Å². The molecule has 0 saturated carbocycles. The molecule has 0 aromatic rings. The Morgan fingerprint density at radius 3 is 2.70 bits per heavy atom. The number of hydrogen-bond donors (Lipinski definition) is 1.